The van der Waals surface area contributed by atoms with Gasteiger partial charge >= 0.3 is 0 Å². The molecule has 3 rings (SSSR count). The van der Waals surface area contributed by atoms with Crippen LogP contribution in [0, 0.1) is 0 Å². The molecule has 0 aliphatic heterocycles. The van der Waals surface area contributed by atoms with Gasteiger partial charge in [0.2, 0.25) is 15.9 Å². The zero-order valence-electron chi connectivity index (χ0n) is 15.5. The predicted molar refractivity (Wildman–Crippen MR) is 117 cm³/mol. The van der Waals surface area contributed by atoms with Crippen molar-refractivity contribution >= 4 is 44.8 Å². The van der Waals surface area contributed by atoms with Gasteiger partial charge in [-0.05, 0) is 29.8 Å². The van der Waals surface area contributed by atoms with Crippen LogP contribution in [0.25, 0.3) is 11.1 Å². The second-order valence-electron chi connectivity index (χ2n) is 6.30. The Kier molecular flexibility index (Phi) is 6.59. The minimum atomic E-state index is -3.99. The van der Waals surface area contributed by atoms with E-state index in [4.69, 9.17) is 23.2 Å². The summed E-state index contributed by atoms with van der Waals surface area (Å²) in [7, 11) is -2.67. The van der Waals surface area contributed by atoms with Crippen LogP contribution < -0.4 is 5.32 Å². The molecule has 0 spiro atoms. The van der Waals surface area contributed by atoms with E-state index in [2.05, 4.69) is 5.32 Å². The first kappa shape index (κ1) is 21.3. The number of hydrogen-bond donors (Lipinski definition) is 1. The molecule has 8 heteroatoms. The number of amides is 1. The largest absolute Gasteiger partial charge is 0.324 e. The molecular formula is C21H18Cl2N2O3S. The van der Waals surface area contributed by atoms with Crippen LogP contribution in [0.1, 0.15) is 0 Å². The van der Waals surface area contributed by atoms with E-state index in [1.165, 1.54) is 25.2 Å². The summed E-state index contributed by atoms with van der Waals surface area (Å²) in [6.45, 7) is -0.381. The monoisotopic (exact) mass is 448 g/mol. The number of para-hydroxylation sites is 1. The fourth-order valence-corrected chi connectivity index (χ4v) is 4.64. The number of hydrogen-bond acceptors (Lipinski definition) is 3. The molecule has 150 valence electrons. The third-order valence-electron chi connectivity index (χ3n) is 4.23. The zero-order chi connectivity index (χ0) is 21.0. The molecule has 0 aliphatic rings. The van der Waals surface area contributed by atoms with Crippen molar-refractivity contribution in [3.05, 3.63) is 82.8 Å². The standard InChI is InChI=1S/C21H18Cl2N2O3S/c1-25(29(27,28)20-13-16(22)11-12-18(20)23)14-21(26)24-19-10-6-5-9-17(19)15-7-3-2-4-8-15/h2-13H,14H2,1H3,(H,24,26). The summed E-state index contributed by atoms with van der Waals surface area (Å²) < 4.78 is 26.5. The topological polar surface area (TPSA) is 66.5 Å². The van der Waals surface area contributed by atoms with Gasteiger partial charge in [0.15, 0.2) is 0 Å². The number of anilines is 1. The number of benzene rings is 3. The van der Waals surface area contributed by atoms with E-state index < -0.39 is 15.9 Å². The number of halogens is 2. The van der Waals surface area contributed by atoms with Gasteiger partial charge in [0, 0.05) is 23.3 Å². The van der Waals surface area contributed by atoms with E-state index in [0.717, 1.165) is 15.4 Å². The molecule has 0 bridgehead atoms. The lowest BCUT2D eigenvalue weighted by atomic mass is 10.0. The molecule has 0 aromatic heterocycles. The molecule has 0 radical (unpaired) electrons. The predicted octanol–water partition coefficient (Wildman–Crippen LogP) is 4.92. The fourth-order valence-electron chi connectivity index (χ4n) is 2.78. The maximum absolute atomic E-state index is 12.8. The van der Waals surface area contributed by atoms with Gasteiger partial charge in [-0.2, -0.15) is 4.31 Å². The molecule has 5 nitrogen and oxygen atoms in total. The number of nitrogens with one attached hydrogen (secondary N) is 1. The van der Waals surface area contributed by atoms with Gasteiger partial charge in [-0.1, -0.05) is 71.7 Å². The SMILES string of the molecule is CN(CC(=O)Nc1ccccc1-c1ccccc1)S(=O)(=O)c1cc(Cl)ccc1Cl. The summed E-state index contributed by atoms with van der Waals surface area (Å²) in [5.41, 5.74) is 2.37. The minimum Gasteiger partial charge on any atom is -0.324 e. The molecular weight excluding hydrogens is 431 g/mol. The maximum Gasteiger partial charge on any atom is 0.244 e. The summed E-state index contributed by atoms with van der Waals surface area (Å²) >= 11 is 11.9. The van der Waals surface area contributed by atoms with Gasteiger partial charge in [-0.15, -0.1) is 0 Å². The molecule has 0 saturated heterocycles. The van der Waals surface area contributed by atoms with Crippen LogP contribution in [0.3, 0.4) is 0 Å². The average molecular weight is 449 g/mol. The molecule has 1 N–H and O–H groups in total. The van der Waals surface area contributed by atoms with E-state index in [1.807, 2.05) is 42.5 Å². The number of sulfonamides is 1. The Hall–Kier alpha value is -2.38. The second kappa shape index (κ2) is 8.97. The van der Waals surface area contributed by atoms with Crippen LogP contribution >= 0.6 is 23.2 Å². The van der Waals surface area contributed by atoms with Crippen molar-refractivity contribution in [3.63, 3.8) is 0 Å². The van der Waals surface area contributed by atoms with Crippen molar-refractivity contribution in [1.82, 2.24) is 4.31 Å². The van der Waals surface area contributed by atoms with E-state index in [9.17, 15) is 13.2 Å². The summed E-state index contributed by atoms with van der Waals surface area (Å²) in [4.78, 5) is 12.4. The van der Waals surface area contributed by atoms with Gasteiger partial charge in [-0.3, -0.25) is 4.79 Å². The minimum absolute atomic E-state index is 0.0380. The van der Waals surface area contributed by atoms with Crippen molar-refractivity contribution in [2.24, 2.45) is 0 Å². The average Bonchev–Trinajstić information content (AvgIpc) is 2.70. The molecule has 0 aliphatic carbocycles. The quantitative estimate of drug-likeness (QED) is 0.581. The highest BCUT2D eigenvalue weighted by Gasteiger charge is 2.26. The molecule has 0 heterocycles. The summed E-state index contributed by atoms with van der Waals surface area (Å²) in [5.74, 6) is -0.474. The van der Waals surface area contributed by atoms with Crippen molar-refractivity contribution < 1.29 is 13.2 Å². The number of nitrogens with zero attached hydrogens (tertiary/aromatic N) is 1. The molecule has 1 amide bonds. The summed E-state index contributed by atoms with van der Waals surface area (Å²) in [6.07, 6.45) is 0. The van der Waals surface area contributed by atoms with E-state index in [-0.39, 0.29) is 21.5 Å². The Labute approximate surface area is 179 Å². The first-order chi connectivity index (χ1) is 13.8. The van der Waals surface area contributed by atoms with Crippen molar-refractivity contribution in [2.75, 3.05) is 18.9 Å². The second-order valence-corrected chi connectivity index (χ2v) is 9.15. The third-order valence-corrected chi connectivity index (χ3v) is 6.75. The number of carbonyl (C=O) groups is 1. The summed E-state index contributed by atoms with van der Waals surface area (Å²) in [5, 5.41) is 3.06. The number of likely N-dealkylation sites (N-methyl/N-ethyl adjacent to an activating group) is 1. The van der Waals surface area contributed by atoms with Crippen molar-refractivity contribution in [2.45, 2.75) is 4.90 Å². The van der Waals surface area contributed by atoms with Gasteiger partial charge in [0.1, 0.15) is 4.90 Å². The highest BCUT2D eigenvalue weighted by molar-refractivity contribution is 7.89. The Bertz CT molecular complexity index is 1140. The van der Waals surface area contributed by atoms with Crippen molar-refractivity contribution in [1.29, 1.82) is 0 Å². The highest BCUT2D eigenvalue weighted by atomic mass is 35.5. The normalized spacial score (nSPS) is 11.4. The third kappa shape index (κ3) is 4.97. The van der Waals surface area contributed by atoms with Crippen LogP contribution in [-0.2, 0) is 14.8 Å². The fraction of sp³-hybridized carbons (Fsp3) is 0.0952. The highest BCUT2D eigenvalue weighted by Crippen LogP contribution is 2.29. The first-order valence-corrected chi connectivity index (χ1v) is 10.8. The first-order valence-electron chi connectivity index (χ1n) is 8.65. The van der Waals surface area contributed by atoms with Crippen molar-refractivity contribution in [3.8, 4) is 11.1 Å². The van der Waals surface area contributed by atoms with Crippen LogP contribution in [-0.4, -0.2) is 32.2 Å². The van der Waals surface area contributed by atoms with Crippen LogP contribution in [0.2, 0.25) is 10.0 Å². The summed E-state index contributed by atoms with van der Waals surface area (Å²) in [6, 6.07) is 21.1. The maximum atomic E-state index is 12.8. The van der Waals surface area contributed by atoms with Crippen LogP contribution in [0.15, 0.2) is 77.7 Å². The Morgan fingerprint density at radius 2 is 1.62 bits per heavy atom. The van der Waals surface area contributed by atoms with Gasteiger partial charge in [0.05, 0.1) is 11.6 Å². The van der Waals surface area contributed by atoms with E-state index in [1.54, 1.807) is 12.1 Å². The van der Waals surface area contributed by atoms with Crippen LogP contribution in [0.5, 0.6) is 0 Å². The van der Waals surface area contributed by atoms with Gasteiger partial charge in [0.25, 0.3) is 0 Å². The lowest BCUT2D eigenvalue weighted by molar-refractivity contribution is -0.116. The van der Waals surface area contributed by atoms with E-state index >= 15 is 0 Å². The zero-order valence-corrected chi connectivity index (χ0v) is 17.8. The molecule has 29 heavy (non-hydrogen) atoms. The number of carbonyl (C=O) groups excluding carboxylic acids is 1. The van der Waals surface area contributed by atoms with Gasteiger partial charge < -0.3 is 5.32 Å². The molecule has 3 aromatic rings. The lowest BCUT2D eigenvalue weighted by Gasteiger charge is -2.18. The van der Waals surface area contributed by atoms with Crippen LogP contribution in [0.4, 0.5) is 5.69 Å². The molecule has 0 saturated carbocycles. The molecule has 0 fully saturated rings. The molecule has 0 atom stereocenters. The molecule has 3 aromatic carbocycles. The van der Waals surface area contributed by atoms with E-state index in [0.29, 0.717) is 5.69 Å². The molecule has 0 unspecified atom stereocenters. The van der Waals surface area contributed by atoms with Gasteiger partial charge in [-0.25, -0.2) is 8.42 Å². The smallest absolute Gasteiger partial charge is 0.244 e. The lowest BCUT2D eigenvalue weighted by Crippen LogP contribution is -2.35. The Morgan fingerprint density at radius 1 is 0.966 bits per heavy atom. The Balaban J connectivity index is 1.79. The Morgan fingerprint density at radius 3 is 2.34 bits per heavy atom. The number of rotatable bonds is 6.